The Balaban J connectivity index is 1.62. The molecule has 2 N–H and O–H groups in total. The Morgan fingerprint density at radius 3 is 2.44 bits per heavy atom. The van der Waals surface area contributed by atoms with Gasteiger partial charge in [0.2, 0.25) is 0 Å². The van der Waals surface area contributed by atoms with Gasteiger partial charge in [-0.2, -0.15) is 0 Å². The lowest BCUT2D eigenvalue weighted by Gasteiger charge is -2.28. The standard InChI is InChI=1S/C21H27N3S/c1-16-10-11-19(14-17(16)2)23-21(25)22-15-20(24-12-6-7-13-24)18-8-4-3-5-9-18/h3-5,8-11,14,20H,6-7,12-13,15H2,1-2H3,(H2,22,23,25)/t20-/m1/s1. The lowest BCUT2D eigenvalue weighted by Crippen LogP contribution is -2.38. The van der Waals surface area contributed by atoms with Gasteiger partial charge in [-0.3, -0.25) is 4.90 Å². The van der Waals surface area contributed by atoms with Gasteiger partial charge in [0.25, 0.3) is 0 Å². The van der Waals surface area contributed by atoms with Gasteiger partial charge in [0, 0.05) is 12.2 Å². The largest absolute Gasteiger partial charge is 0.361 e. The van der Waals surface area contributed by atoms with E-state index in [-0.39, 0.29) is 0 Å². The second kappa shape index (κ2) is 8.45. The average Bonchev–Trinajstić information content (AvgIpc) is 3.14. The van der Waals surface area contributed by atoms with Gasteiger partial charge < -0.3 is 10.6 Å². The number of anilines is 1. The zero-order chi connectivity index (χ0) is 17.6. The van der Waals surface area contributed by atoms with Crippen LogP contribution in [-0.4, -0.2) is 29.6 Å². The molecule has 1 saturated heterocycles. The van der Waals surface area contributed by atoms with Crippen molar-refractivity contribution in [3.8, 4) is 0 Å². The highest BCUT2D eigenvalue weighted by Gasteiger charge is 2.23. The summed E-state index contributed by atoms with van der Waals surface area (Å²) in [6.45, 7) is 7.39. The molecule has 1 fully saturated rings. The zero-order valence-corrected chi connectivity index (χ0v) is 15.9. The maximum absolute atomic E-state index is 5.51. The van der Waals surface area contributed by atoms with Crippen molar-refractivity contribution < 1.29 is 0 Å². The molecule has 4 heteroatoms. The van der Waals surface area contributed by atoms with E-state index in [2.05, 4.69) is 77.9 Å². The Labute approximate surface area is 156 Å². The van der Waals surface area contributed by atoms with E-state index in [0.29, 0.717) is 11.2 Å². The van der Waals surface area contributed by atoms with E-state index in [9.17, 15) is 0 Å². The fourth-order valence-electron chi connectivity index (χ4n) is 3.37. The molecule has 2 aromatic carbocycles. The number of benzene rings is 2. The fraction of sp³-hybridized carbons (Fsp3) is 0.381. The van der Waals surface area contributed by atoms with Crippen molar-refractivity contribution in [1.29, 1.82) is 0 Å². The first-order valence-electron chi connectivity index (χ1n) is 9.04. The molecule has 3 rings (SSSR count). The minimum Gasteiger partial charge on any atom is -0.361 e. The minimum atomic E-state index is 0.364. The minimum absolute atomic E-state index is 0.364. The molecule has 0 bridgehead atoms. The lowest BCUT2D eigenvalue weighted by molar-refractivity contribution is 0.246. The van der Waals surface area contributed by atoms with E-state index >= 15 is 0 Å². The second-order valence-electron chi connectivity index (χ2n) is 6.80. The van der Waals surface area contributed by atoms with E-state index in [1.807, 2.05) is 0 Å². The third kappa shape index (κ3) is 4.80. The molecular formula is C21H27N3S. The quantitative estimate of drug-likeness (QED) is 0.778. The summed E-state index contributed by atoms with van der Waals surface area (Å²) in [5, 5.41) is 7.41. The van der Waals surface area contributed by atoms with Crippen LogP contribution in [0.15, 0.2) is 48.5 Å². The van der Waals surface area contributed by atoms with Crippen molar-refractivity contribution in [3.63, 3.8) is 0 Å². The summed E-state index contributed by atoms with van der Waals surface area (Å²) >= 11 is 5.51. The van der Waals surface area contributed by atoms with Gasteiger partial charge in [0.15, 0.2) is 5.11 Å². The predicted octanol–water partition coefficient (Wildman–Crippen LogP) is 4.43. The van der Waals surface area contributed by atoms with Crippen LogP contribution in [0.1, 0.15) is 35.6 Å². The fourth-order valence-corrected chi connectivity index (χ4v) is 3.57. The van der Waals surface area contributed by atoms with Crippen LogP contribution in [0.5, 0.6) is 0 Å². The maximum Gasteiger partial charge on any atom is 0.170 e. The van der Waals surface area contributed by atoms with Crippen LogP contribution in [0.2, 0.25) is 0 Å². The van der Waals surface area contributed by atoms with Crippen molar-refractivity contribution in [2.45, 2.75) is 32.7 Å². The van der Waals surface area contributed by atoms with Crippen molar-refractivity contribution in [3.05, 3.63) is 65.2 Å². The Kier molecular flexibility index (Phi) is 6.05. The van der Waals surface area contributed by atoms with E-state index in [1.165, 1.54) is 42.6 Å². The Morgan fingerprint density at radius 2 is 1.76 bits per heavy atom. The van der Waals surface area contributed by atoms with E-state index in [1.54, 1.807) is 0 Å². The predicted molar refractivity (Wildman–Crippen MR) is 110 cm³/mol. The number of nitrogens with one attached hydrogen (secondary N) is 2. The first-order chi connectivity index (χ1) is 12.1. The van der Waals surface area contributed by atoms with Crippen LogP contribution in [0.4, 0.5) is 5.69 Å². The number of rotatable bonds is 5. The van der Waals surface area contributed by atoms with Crippen molar-refractivity contribution >= 4 is 23.0 Å². The molecule has 1 heterocycles. The molecule has 0 spiro atoms. The molecule has 1 aliphatic rings. The Hall–Kier alpha value is -1.91. The second-order valence-corrected chi connectivity index (χ2v) is 7.21. The van der Waals surface area contributed by atoms with Gasteiger partial charge in [0.1, 0.15) is 0 Å². The zero-order valence-electron chi connectivity index (χ0n) is 15.1. The highest BCUT2D eigenvalue weighted by Crippen LogP contribution is 2.24. The van der Waals surface area contributed by atoms with E-state index in [4.69, 9.17) is 12.2 Å². The third-order valence-electron chi connectivity index (χ3n) is 4.99. The number of thiocarbonyl (C=S) groups is 1. The molecule has 1 aliphatic heterocycles. The van der Waals surface area contributed by atoms with E-state index < -0.39 is 0 Å². The number of likely N-dealkylation sites (tertiary alicyclic amines) is 1. The lowest BCUT2D eigenvalue weighted by atomic mass is 10.1. The van der Waals surface area contributed by atoms with Crippen molar-refractivity contribution in [2.75, 3.05) is 25.0 Å². The molecule has 0 aliphatic carbocycles. The highest BCUT2D eigenvalue weighted by atomic mass is 32.1. The summed E-state index contributed by atoms with van der Waals surface area (Å²) < 4.78 is 0. The molecule has 132 valence electrons. The van der Waals surface area contributed by atoms with Crippen molar-refractivity contribution in [2.24, 2.45) is 0 Å². The van der Waals surface area contributed by atoms with Crippen LogP contribution in [0, 0.1) is 13.8 Å². The summed E-state index contributed by atoms with van der Waals surface area (Å²) in [6.07, 6.45) is 2.57. The molecule has 0 amide bonds. The molecular weight excluding hydrogens is 326 g/mol. The monoisotopic (exact) mass is 353 g/mol. The number of hydrogen-bond donors (Lipinski definition) is 2. The molecule has 0 radical (unpaired) electrons. The number of nitrogens with zero attached hydrogens (tertiary/aromatic N) is 1. The smallest absolute Gasteiger partial charge is 0.170 e. The molecule has 25 heavy (non-hydrogen) atoms. The first kappa shape index (κ1) is 17.9. The highest BCUT2D eigenvalue weighted by molar-refractivity contribution is 7.80. The molecule has 3 nitrogen and oxygen atoms in total. The third-order valence-corrected chi connectivity index (χ3v) is 5.23. The van der Waals surface area contributed by atoms with Gasteiger partial charge in [0.05, 0.1) is 6.04 Å². The van der Waals surface area contributed by atoms with Crippen LogP contribution >= 0.6 is 12.2 Å². The van der Waals surface area contributed by atoms with Crippen LogP contribution < -0.4 is 10.6 Å². The van der Waals surface area contributed by atoms with Crippen LogP contribution in [-0.2, 0) is 0 Å². The summed E-state index contributed by atoms with van der Waals surface area (Å²) in [7, 11) is 0. The van der Waals surface area contributed by atoms with Gasteiger partial charge >= 0.3 is 0 Å². The molecule has 0 aromatic heterocycles. The first-order valence-corrected chi connectivity index (χ1v) is 9.45. The average molecular weight is 354 g/mol. The molecule has 2 aromatic rings. The SMILES string of the molecule is Cc1ccc(NC(=S)NC[C@H](c2ccccc2)N2CCCC2)cc1C. The van der Waals surface area contributed by atoms with Crippen LogP contribution in [0.25, 0.3) is 0 Å². The van der Waals surface area contributed by atoms with Gasteiger partial charge in [-0.15, -0.1) is 0 Å². The maximum atomic E-state index is 5.51. The van der Waals surface area contributed by atoms with Gasteiger partial charge in [-0.1, -0.05) is 36.4 Å². The van der Waals surface area contributed by atoms with Crippen molar-refractivity contribution in [1.82, 2.24) is 10.2 Å². The number of hydrogen-bond acceptors (Lipinski definition) is 2. The van der Waals surface area contributed by atoms with Gasteiger partial charge in [-0.25, -0.2) is 0 Å². The summed E-state index contributed by atoms with van der Waals surface area (Å²) in [4.78, 5) is 2.56. The van der Waals surface area contributed by atoms with E-state index in [0.717, 1.165) is 12.2 Å². The molecule has 0 unspecified atom stereocenters. The summed E-state index contributed by atoms with van der Waals surface area (Å²) in [5.41, 5.74) is 4.96. The van der Waals surface area contributed by atoms with Crippen LogP contribution in [0.3, 0.4) is 0 Å². The summed E-state index contributed by atoms with van der Waals surface area (Å²) in [5.74, 6) is 0. The molecule has 1 atom stereocenters. The summed E-state index contributed by atoms with van der Waals surface area (Å²) in [6, 6.07) is 17.4. The topological polar surface area (TPSA) is 27.3 Å². The normalized spacial score (nSPS) is 15.8. The van der Waals surface area contributed by atoms with Gasteiger partial charge in [-0.05, 0) is 80.8 Å². The molecule has 0 saturated carbocycles. The number of aryl methyl sites for hydroxylation is 2. The Morgan fingerprint density at radius 1 is 1.04 bits per heavy atom. The Bertz CT molecular complexity index is 708.